The summed E-state index contributed by atoms with van der Waals surface area (Å²) in [5.41, 5.74) is 6.54. The largest absolute Gasteiger partial charge is 0.477 e. The van der Waals surface area contributed by atoms with E-state index >= 15 is 0 Å². The molecule has 0 radical (unpaired) electrons. The lowest BCUT2D eigenvalue weighted by Gasteiger charge is -2.03. The van der Waals surface area contributed by atoms with E-state index in [9.17, 15) is 4.79 Å². The van der Waals surface area contributed by atoms with E-state index in [1.807, 2.05) is 20.8 Å². The molecule has 1 unspecified atom stereocenters. The fourth-order valence-corrected chi connectivity index (χ4v) is 2.41. The highest BCUT2D eigenvalue weighted by Gasteiger charge is 2.20. The Morgan fingerprint density at radius 2 is 2.19 bits per heavy atom. The minimum absolute atomic E-state index is 0.149. The van der Waals surface area contributed by atoms with Crippen molar-refractivity contribution < 1.29 is 9.90 Å². The van der Waals surface area contributed by atoms with Gasteiger partial charge in [-0.1, -0.05) is 20.8 Å². The molecule has 5 heteroatoms. The average molecular weight is 242 g/mol. The van der Waals surface area contributed by atoms with E-state index in [1.54, 1.807) is 0 Å². The number of carboxylic acids is 1. The van der Waals surface area contributed by atoms with Crippen molar-refractivity contribution in [2.24, 2.45) is 11.7 Å². The van der Waals surface area contributed by atoms with Crippen LogP contribution >= 0.6 is 11.3 Å². The van der Waals surface area contributed by atoms with E-state index in [4.69, 9.17) is 10.8 Å². The van der Waals surface area contributed by atoms with Gasteiger partial charge in [-0.2, -0.15) is 0 Å². The SMILES string of the molecule is CCC(N)c1nc(CC(C)C)c(C(=O)O)s1. The molecule has 0 fully saturated rings. The van der Waals surface area contributed by atoms with Crippen LogP contribution < -0.4 is 5.73 Å². The van der Waals surface area contributed by atoms with Gasteiger partial charge in [-0.05, 0) is 18.8 Å². The summed E-state index contributed by atoms with van der Waals surface area (Å²) in [6.45, 7) is 6.06. The smallest absolute Gasteiger partial charge is 0.347 e. The first-order chi connectivity index (χ1) is 7.45. The predicted octanol–water partition coefficient (Wildman–Crippen LogP) is 2.45. The van der Waals surface area contributed by atoms with Crippen molar-refractivity contribution in [3.8, 4) is 0 Å². The molecule has 0 amide bonds. The Kier molecular flexibility index (Phi) is 4.44. The average Bonchev–Trinajstić information content (AvgIpc) is 2.59. The highest BCUT2D eigenvalue weighted by atomic mass is 32.1. The molecule has 1 heterocycles. The maximum Gasteiger partial charge on any atom is 0.347 e. The van der Waals surface area contributed by atoms with Crippen molar-refractivity contribution in [2.45, 2.75) is 39.7 Å². The van der Waals surface area contributed by atoms with Gasteiger partial charge in [0.2, 0.25) is 0 Å². The zero-order chi connectivity index (χ0) is 12.3. The van der Waals surface area contributed by atoms with Crippen LogP contribution in [0.25, 0.3) is 0 Å². The number of rotatable bonds is 5. The van der Waals surface area contributed by atoms with Gasteiger partial charge in [0.15, 0.2) is 0 Å². The molecule has 0 bridgehead atoms. The van der Waals surface area contributed by atoms with Gasteiger partial charge in [-0.3, -0.25) is 0 Å². The Morgan fingerprint density at radius 1 is 1.56 bits per heavy atom. The zero-order valence-electron chi connectivity index (χ0n) is 9.86. The Hall–Kier alpha value is -0.940. The van der Waals surface area contributed by atoms with Crippen molar-refractivity contribution in [3.05, 3.63) is 15.6 Å². The van der Waals surface area contributed by atoms with Crippen molar-refractivity contribution in [1.82, 2.24) is 4.98 Å². The van der Waals surface area contributed by atoms with Crippen LogP contribution in [0.3, 0.4) is 0 Å². The van der Waals surface area contributed by atoms with Gasteiger partial charge in [-0.15, -0.1) is 11.3 Å². The van der Waals surface area contributed by atoms with E-state index in [0.29, 0.717) is 22.9 Å². The lowest BCUT2D eigenvalue weighted by atomic mass is 10.1. The van der Waals surface area contributed by atoms with Crippen LogP contribution in [-0.2, 0) is 6.42 Å². The number of carbonyl (C=O) groups is 1. The van der Waals surface area contributed by atoms with Gasteiger partial charge in [0.1, 0.15) is 9.88 Å². The molecule has 0 saturated heterocycles. The van der Waals surface area contributed by atoms with Gasteiger partial charge in [0, 0.05) is 0 Å². The molecule has 0 saturated carbocycles. The van der Waals surface area contributed by atoms with Gasteiger partial charge in [-0.25, -0.2) is 9.78 Å². The molecule has 1 atom stereocenters. The number of aromatic carboxylic acids is 1. The van der Waals surface area contributed by atoms with E-state index in [2.05, 4.69) is 4.98 Å². The van der Waals surface area contributed by atoms with Crippen molar-refractivity contribution in [2.75, 3.05) is 0 Å². The van der Waals surface area contributed by atoms with E-state index in [-0.39, 0.29) is 6.04 Å². The second kappa shape index (κ2) is 5.41. The maximum absolute atomic E-state index is 11.1. The highest BCUT2D eigenvalue weighted by Crippen LogP contribution is 2.26. The van der Waals surface area contributed by atoms with Crippen molar-refractivity contribution in [3.63, 3.8) is 0 Å². The standard InChI is InChI=1S/C11H18N2O2S/c1-4-7(12)10-13-8(5-6(2)3)9(16-10)11(14)15/h6-7H,4-5,12H2,1-3H3,(H,14,15). The maximum atomic E-state index is 11.1. The Labute approximate surface area is 99.5 Å². The summed E-state index contributed by atoms with van der Waals surface area (Å²) in [6, 6.07) is -0.149. The molecule has 0 aromatic carbocycles. The minimum Gasteiger partial charge on any atom is -0.477 e. The molecule has 4 nitrogen and oxygen atoms in total. The Bertz CT molecular complexity index is 374. The van der Waals surface area contributed by atoms with E-state index in [1.165, 1.54) is 11.3 Å². The van der Waals surface area contributed by atoms with E-state index in [0.717, 1.165) is 11.4 Å². The molecule has 0 aliphatic rings. The number of carboxylic acid groups (broad SMARTS) is 1. The summed E-state index contributed by atoms with van der Waals surface area (Å²) in [4.78, 5) is 15.8. The third-order valence-electron chi connectivity index (χ3n) is 2.27. The monoisotopic (exact) mass is 242 g/mol. The number of nitrogens with zero attached hydrogens (tertiary/aromatic N) is 1. The predicted molar refractivity (Wildman–Crippen MR) is 64.8 cm³/mol. The zero-order valence-corrected chi connectivity index (χ0v) is 10.7. The van der Waals surface area contributed by atoms with Crippen LogP contribution in [0, 0.1) is 5.92 Å². The lowest BCUT2D eigenvalue weighted by Crippen LogP contribution is -2.08. The Morgan fingerprint density at radius 3 is 2.62 bits per heavy atom. The molecule has 3 N–H and O–H groups in total. The molecule has 1 rings (SSSR count). The second-order valence-electron chi connectivity index (χ2n) is 4.25. The first-order valence-electron chi connectivity index (χ1n) is 5.44. The fourth-order valence-electron chi connectivity index (χ4n) is 1.40. The number of nitrogens with two attached hydrogens (primary N) is 1. The summed E-state index contributed by atoms with van der Waals surface area (Å²) in [6.07, 6.45) is 1.46. The van der Waals surface area contributed by atoms with Crippen LogP contribution in [0.2, 0.25) is 0 Å². The summed E-state index contributed by atoms with van der Waals surface area (Å²) >= 11 is 1.21. The quantitative estimate of drug-likeness (QED) is 0.831. The van der Waals surface area contributed by atoms with Gasteiger partial charge >= 0.3 is 5.97 Å². The first-order valence-corrected chi connectivity index (χ1v) is 6.25. The topological polar surface area (TPSA) is 76.2 Å². The summed E-state index contributed by atoms with van der Waals surface area (Å²) < 4.78 is 0. The highest BCUT2D eigenvalue weighted by molar-refractivity contribution is 7.13. The summed E-state index contributed by atoms with van der Waals surface area (Å²) in [7, 11) is 0. The number of aromatic nitrogens is 1. The molecule has 0 spiro atoms. The van der Waals surface area contributed by atoms with Gasteiger partial charge < -0.3 is 10.8 Å². The molecule has 1 aromatic rings. The van der Waals surface area contributed by atoms with Crippen LogP contribution in [-0.4, -0.2) is 16.1 Å². The van der Waals surface area contributed by atoms with Crippen LogP contribution in [0.15, 0.2) is 0 Å². The van der Waals surface area contributed by atoms with Crippen molar-refractivity contribution >= 4 is 17.3 Å². The van der Waals surface area contributed by atoms with Gasteiger partial charge in [0.25, 0.3) is 0 Å². The summed E-state index contributed by atoms with van der Waals surface area (Å²) in [5, 5.41) is 9.81. The third kappa shape index (κ3) is 3.02. The summed E-state index contributed by atoms with van der Waals surface area (Å²) in [5.74, 6) is -0.506. The number of thiazole rings is 1. The molecule has 0 aliphatic heterocycles. The fraction of sp³-hybridized carbons (Fsp3) is 0.636. The van der Waals surface area contributed by atoms with Gasteiger partial charge in [0.05, 0.1) is 11.7 Å². The second-order valence-corrected chi connectivity index (χ2v) is 5.28. The molecule has 1 aromatic heterocycles. The van der Waals surface area contributed by atoms with E-state index < -0.39 is 5.97 Å². The molecular formula is C11H18N2O2S. The molecule has 90 valence electrons. The van der Waals surface area contributed by atoms with Crippen molar-refractivity contribution in [1.29, 1.82) is 0 Å². The molecule has 16 heavy (non-hydrogen) atoms. The first kappa shape index (κ1) is 13.1. The van der Waals surface area contributed by atoms with Crippen LogP contribution in [0.1, 0.15) is 53.6 Å². The number of hydrogen-bond donors (Lipinski definition) is 2. The molecular weight excluding hydrogens is 224 g/mol. The normalized spacial score (nSPS) is 13.1. The number of hydrogen-bond acceptors (Lipinski definition) is 4. The van der Waals surface area contributed by atoms with Crippen LogP contribution in [0.4, 0.5) is 0 Å². The Balaban J connectivity index is 3.04. The molecule has 0 aliphatic carbocycles. The minimum atomic E-state index is -0.900. The lowest BCUT2D eigenvalue weighted by molar-refractivity contribution is 0.0700. The van der Waals surface area contributed by atoms with Crippen LogP contribution in [0.5, 0.6) is 0 Å². The third-order valence-corrected chi connectivity index (χ3v) is 3.48.